The van der Waals surface area contributed by atoms with Crippen molar-refractivity contribution in [3.8, 4) is 0 Å². The lowest BCUT2D eigenvalue weighted by Gasteiger charge is -2.24. The predicted octanol–water partition coefficient (Wildman–Crippen LogP) is -0.0902. The predicted molar refractivity (Wildman–Crippen MR) is 33.0 cm³/mol. The molecule has 1 amide bonds. The fraction of sp³-hybridized carbons (Fsp3) is 0.833. The molecule has 3 heteroatoms. The molecule has 2 atom stereocenters. The molecular weight excluding hydrogens is 118 g/mol. The maximum atomic E-state index is 10.8. The van der Waals surface area contributed by atoms with Gasteiger partial charge in [0.25, 0.3) is 0 Å². The molecule has 1 aliphatic heterocycles. The number of amides is 1. The Morgan fingerprint density at radius 2 is 2.33 bits per heavy atom. The molecule has 9 heavy (non-hydrogen) atoms. The van der Waals surface area contributed by atoms with Gasteiger partial charge in [-0.25, -0.2) is 0 Å². The minimum absolute atomic E-state index is 0.00579. The van der Waals surface area contributed by atoms with Gasteiger partial charge in [-0.05, 0) is 13.8 Å². The van der Waals surface area contributed by atoms with E-state index in [9.17, 15) is 4.79 Å². The van der Waals surface area contributed by atoms with Crippen molar-refractivity contribution < 1.29 is 9.53 Å². The van der Waals surface area contributed by atoms with Crippen molar-refractivity contribution in [3.63, 3.8) is 0 Å². The molecule has 1 fully saturated rings. The Hall–Kier alpha value is -0.570. The average Bonchev–Trinajstić information content (AvgIpc) is 1.80. The van der Waals surface area contributed by atoms with Gasteiger partial charge in [-0.3, -0.25) is 4.79 Å². The van der Waals surface area contributed by atoms with Gasteiger partial charge in [-0.15, -0.1) is 0 Å². The van der Waals surface area contributed by atoms with Gasteiger partial charge >= 0.3 is 0 Å². The summed E-state index contributed by atoms with van der Waals surface area (Å²) in [4.78, 5) is 10.8. The normalized spacial score (nSPS) is 36.0. The molecule has 1 rings (SSSR count). The van der Waals surface area contributed by atoms with E-state index in [4.69, 9.17) is 4.74 Å². The van der Waals surface area contributed by atoms with Crippen LogP contribution in [0.2, 0.25) is 0 Å². The van der Waals surface area contributed by atoms with E-state index in [1.807, 2.05) is 6.92 Å². The van der Waals surface area contributed by atoms with Crippen LogP contribution in [0.5, 0.6) is 0 Å². The lowest BCUT2D eigenvalue weighted by atomic mass is 10.2. The molecule has 0 aromatic rings. The zero-order valence-corrected chi connectivity index (χ0v) is 5.68. The van der Waals surface area contributed by atoms with E-state index in [0.29, 0.717) is 6.61 Å². The van der Waals surface area contributed by atoms with Crippen LogP contribution in [0.15, 0.2) is 0 Å². The number of morpholine rings is 1. The van der Waals surface area contributed by atoms with Crippen LogP contribution in [0.3, 0.4) is 0 Å². The summed E-state index contributed by atoms with van der Waals surface area (Å²) in [6, 6.07) is 0.175. The number of rotatable bonds is 0. The fourth-order valence-corrected chi connectivity index (χ4v) is 0.766. The highest BCUT2D eigenvalue weighted by atomic mass is 16.5. The summed E-state index contributed by atoms with van der Waals surface area (Å²) in [6.45, 7) is 4.30. The third-order valence-corrected chi connectivity index (χ3v) is 1.35. The Balaban J connectivity index is 2.44. The van der Waals surface area contributed by atoms with Gasteiger partial charge in [-0.2, -0.15) is 0 Å². The Morgan fingerprint density at radius 3 is 2.78 bits per heavy atom. The number of carbonyl (C=O) groups is 1. The Kier molecular flexibility index (Phi) is 1.71. The van der Waals surface area contributed by atoms with Gasteiger partial charge < -0.3 is 10.1 Å². The molecule has 0 aromatic carbocycles. The summed E-state index contributed by atoms with van der Waals surface area (Å²) in [5.74, 6) is -0.00579. The van der Waals surface area contributed by atoms with Crippen molar-refractivity contribution >= 4 is 5.91 Å². The van der Waals surface area contributed by atoms with E-state index in [1.165, 1.54) is 0 Å². The van der Waals surface area contributed by atoms with Gasteiger partial charge in [0, 0.05) is 6.04 Å². The van der Waals surface area contributed by atoms with Crippen molar-refractivity contribution in [2.24, 2.45) is 0 Å². The Bertz CT molecular complexity index is 124. The van der Waals surface area contributed by atoms with E-state index >= 15 is 0 Å². The van der Waals surface area contributed by atoms with Gasteiger partial charge in [0.05, 0.1) is 6.61 Å². The lowest BCUT2D eigenvalue weighted by Crippen LogP contribution is -2.48. The maximum Gasteiger partial charge on any atom is 0.249 e. The molecule has 1 saturated heterocycles. The summed E-state index contributed by atoms with van der Waals surface area (Å²) >= 11 is 0. The average molecular weight is 129 g/mol. The van der Waals surface area contributed by atoms with Crippen LogP contribution in [0.4, 0.5) is 0 Å². The molecule has 0 saturated carbocycles. The van der Waals surface area contributed by atoms with Crippen molar-refractivity contribution in [1.29, 1.82) is 0 Å². The first-order valence-corrected chi connectivity index (χ1v) is 3.12. The van der Waals surface area contributed by atoms with Gasteiger partial charge in [-0.1, -0.05) is 0 Å². The van der Waals surface area contributed by atoms with Crippen LogP contribution in [-0.4, -0.2) is 24.7 Å². The van der Waals surface area contributed by atoms with Crippen molar-refractivity contribution in [2.45, 2.75) is 26.0 Å². The molecule has 1 aliphatic rings. The highest BCUT2D eigenvalue weighted by molar-refractivity contribution is 5.81. The van der Waals surface area contributed by atoms with E-state index in [0.717, 1.165) is 0 Å². The van der Waals surface area contributed by atoms with E-state index < -0.39 is 0 Å². The number of carbonyl (C=O) groups excluding carboxylic acids is 1. The molecule has 52 valence electrons. The maximum absolute atomic E-state index is 10.8. The minimum Gasteiger partial charge on any atom is -0.367 e. The number of ether oxygens (including phenoxy) is 1. The van der Waals surface area contributed by atoms with Gasteiger partial charge in [0.2, 0.25) is 5.91 Å². The summed E-state index contributed by atoms with van der Waals surface area (Å²) in [7, 11) is 0. The third kappa shape index (κ3) is 1.42. The van der Waals surface area contributed by atoms with Gasteiger partial charge in [0.15, 0.2) is 0 Å². The van der Waals surface area contributed by atoms with E-state index in [1.54, 1.807) is 6.92 Å². The monoisotopic (exact) mass is 129 g/mol. The second-order valence-corrected chi connectivity index (χ2v) is 2.39. The van der Waals surface area contributed by atoms with Crippen LogP contribution in [0, 0.1) is 0 Å². The highest BCUT2D eigenvalue weighted by Crippen LogP contribution is 1.99. The first kappa shape index (κ1) is 6.55. The smallest absolute Gasteiger partial charge is 0.249 e. The Labute approximate surface area is 54.4 Å². The van der Waals surface area contributed by atoms with Crippen LogP contribution in [-0.2, 0) is 9.53 Å². The van der Waals surface area contributed by atoms with Crippen molar-refractivity contribution in [3.05, 3.63) is 0 Å². The summed E-state index contributed by atoms with van der Waals surface area (Å²) in [5.41, 5.74) is 0. The van der Waals surface area contributed by atoms with Crippen LogP contribution < -0.4 is 5.32 Å². The third-order valence-electron chi connectivity index (χ3n) is 1.35. The van der Waals surface area contributed by atoms with E-state index in [2.05, 4.69) is 5.32 Å². The summed E-state index contributed by atoms with van der Waals surface area (Å²) in [6.07, 6.45) is -0.263. The number of hydrogen-bond donors (Lipinski definition) is 1. The zero-order valence-electron chi connectivity index (χ0n) is 5.68. The van der Waals surface area contributed by atoms with Crippen LogP contribution >= 0.6 is 0 Å². The summed E-state index contributed by atoms with van der Waals surface area (Å²) < 4.78 is 5.09. The highest BCUT2D eigenvalue weighted by Gasteiger charge is 2.21. The molecular formula is C6H11NO2. The SMILES string of the molecule is C[C@@H]1CO[C@@H](C)C(=O)N1. The van der Waals surface area contributed by atoms with Crippen LogP contribution in [0.1, 0.15) is 13.8 Å². The van der Waals surface area contributed by atoms with E-state index in [-0.39, 0.29) is 18.1 Å². The van der Waals surface area contributed by atoms with Crippen molar-refractivity contribution in [1.82, 2.24) is 5.32 Å². The first-order valence-electron chi connectivity index (χ1n) is 3.12. The molecule has 0 aliphatic carbocycles. The lowest BCUT2D eigenvalue weighted by molar-refractivity contribution is -0.138. The van der Waals surface area contributed by atoms with Crippen LogP contribution in [0.25, 0.3) is 0 Å². The molecule has 0 aromatic heterocycles. The first-order chi connectivity index (χ1) is 4.20. The molecule has 1 N–H and O–H groups in total. The molecule has 0 radical (unpaired) electrons. The second kappa shape index (κ2) is 2.35. The quantitative estimate of drug-likeness (QED) is 0.496. The Morgan fingerprint density at radius 1 is 1.67 bits per heavy atom. The summed E-state index contributed by atoms with van der Waals surface area (Å²) in [5, 5.41) is 2.77. The molecule has 0 bridgehead atoms. The molecule has 0 spiro atoms. The standard InChI is InChI=1S/C6H11NO2/c1-4-3-9-5(2)6(8)7-4/h4-5H,3H2,1-2H3,(H,7,8)/t4-,5+/m1/s1. The zero-order chi connectivity index (χ0) is 6.85. The fourth-order valence-electron chi connectivity index (χ4n) is 0.766. The number of hydrogen-bond acceptors (Lipinski definition) is 2. The van der Waals surface area contributed by atoms with Gasteiger partial charge in [0.1, 0.15) is 6.10 Å². The topological polar surface area (TPSA) is 38.3 Å². The van der Waals surface area contributed by atoms with Crippen molar-refractivity contribution in [2.75, 3.05) is 6.61 Å². The number of nitrogens with one attached hydrogen (secondary N) is 1. The molecule has 1 heterocycles. The molecule has 0 unspecified atom stereocenters. The minimum atomic E-state index is -0.263. The molecule has 3 nitrogen and oxygen atoms in total. The second-order valence-electron chi connectivity index (χ2n) is 2.39. The largest absolute Gasteiger partial charge is 0.367 e.